The number of carbonyl (C=O) groups is 1. The van der Waals surface area contributed by atoms with Gasteiger partial charge in [-0.2, -0.15) is 0 Å². The monoisotopic (exact) mass is 422 g/mol. The molecular weight excluding hydrogens is 380 g/mol. The van der Waals surface area contributed by atoms with E-state index in [-0.39, 0.29) is 18.0 Å². The lowest BCUT2D eigenvalue weighted by atomic mass is 9.97. The van der Waals surface area contributed by atoms with Crippen molar-refractivity contribution in [2.75, 3.05) is 13.2 Å². The molecule has 1 aromatic rings. The highest BCUT2D eigenvalue weighted by atomic mass is 28.4. The summed E-state index contributed by atoms with van der Waals surface area (Å²) in [6.45, 7) is 16.1. The van der Waals surface area contributed by atoms with Gasteiger partial charge in [-0.15, -0.1) is 0 Å². The fourth-order valence-corrected chi connectivity index (χ4v) is 5.90. The van der Waals surface area contributed by atoms with Crippen LogP contribution >= 0.6 is 0 Å². The zero-order chi connectivity index (χ0) is 21.9. The predicted octanol–water partition coefficient (Wildman–Crippen LogP) is 6.21. The Balaban J connectivity index is 2.69. The zero-order valence-electron chi connectivity index (χ0n) is 19.6. The Kier molecular flexibility index (Phi) is 11.2. The minimum atomic E-state index is -1.67. The molecule has 0 aliphatic heterocycles. The third kappa shape index (κ3) is 9.45. The Hall–Kier alpha value is -1.17. The predicted molar refractivity (Wildman–Crippen MR) is 122 cm³/mol. The first-order chi connectivity index (χ1) is 13.7. The van der Waals surface area contributed by atoms with E-state index in [2.05, 4.69) is 39.8 Å². The average molecular weight is 423 g/mol. The molecule has 0 unspecified atom stereocenters. The Morgan fingerprint density at radius 1 is 1.00 bits per heavy atom. The Labute approximate surface area is 179 Å². The molecule has 0 aliphatic carbocycles. The summed E-state index contributed by atoms with van der Waals surface area (Å²) in [6, 6.07) is 13.6. The van der Waals surface area contributed by atoms with E-state index in [1.54, 1.807) is 0 Å². The molecule has 4 nitrogen and oxygen atoms in total. The fourth-order valence-electron chi connectivity index (χ4n) is 3.25. The second kappa shape index (κ2) is 12.5. The molecule has 1 aromatic carbocycles. The van der Waals surface area contributed by atoms with Crippen molar-refractivity contribution in [3.63, 3.8) is 0 Å². The van der Waals surface area contributed by atoms with Crippen molar-refractivity contribution in [2.45, 2.75) is 85.7 Å². The van der Waals surface area contributed by atoms with Crippen LogP contribution in [0.5, 0.6) is 0 Å². The number of ether oxygens (including phenoxy) is 2. The molecular formula is C24H42O4Si. The number of benzene rings is 1. The van der Waals surface area contributed by atoms with E-state index in [9.17, 15) is 4.79 Å². The van der Waals surface area contributed by atoms with Crippen LogP contribution in [0.2, 0.25) is 18.1 Å². The minimum absolute atomic E-state index is 0.00456. The molecule has 0 bridgehead atoms. The number of hydrogen-bond acceptors (Lipinski definition) is 4. The number of esters is 1. The van der Waals surface area contributed by atoms with Crippen molar-refractivity contribution >= 4 is 14.3 Å². The Morgan fingerprint density at radius 3 is 2.10 bits per heavy atom. The van der Waals surface area contributed by atoms with Crippen LogP contribution in [0, 0.1) is 11.3 Å². The lowest BCUT2D eigenvalue weighted by molar-refractivity contribution is -0.154. The second-order valence-electron chi connectivity index (χ2n) is 9.16. The van der Waals surface area contributed by atoms with E-state index in [1.165, 1.54) is 0 Å². The van der Waals surface area contributed by atoms with Crippen LogP contribution in [-0.4, -0.2) is 33.6 Å². The van der Waals surface area contributed by atoms with Gasteiger partial charge in [0.25, 0.3) is 0 Å². The number of hydrogen-bond donors (Lipinski definition) is 0. The summed E-state index contributed by atoms with van der Waals surface area (Å²) in [5.74, 6) is 0.0587. The van der Waals surface area contributed by atoms with Crippen LogP contribution in [0.15, 0.2) is 30.3 Å². The van der Waals surface area contributed by atoms with Crippen LogP contribution in [0.1, 0.15) is 60.5 Å². The first-order valence-corrected chi connectivity index (χ1v) is 13.7. The van der Waals surface area contributed by atoms with Crippen LogP contribution in [-0.2, 0) is 25.3 Å². The third-order valence-electron chi connectivity index (χ3n) is 5.61. The van der Waals surface area contributed by atoms with Gasteiger partial charge in [0, 0.05) is 0 Å². The lowest BCUT2D eigenvalue weighted by Gasteiger charge is -2.31. The van der Waals surface area contributed by atoms with Gasteiger partial charge >= 0.3 is 5.97 Å². The van der Waals surface area contributed by atoms with Crippen molar-refractivity contribution in [3.8, 4) is 0 Å². The minimum Gasteiger partial charge on any atom is -0.465 e. The first-order valence-electron chi connectivity index (χ1n) is 11.1. The van der Waals surface area contributed by atoms with Crippen LogP contribution in [0.25, 0.3) is 0 Å². The molecule has 0 aliphatic rings. The Morgan fingerprint density at radius 2 is 1.59 bits per heavy atom. The van der Waals surface area contributed by atoms with Gasteiger partial charge in [0.05, 0.1) is 31.3 Å². The highest BCUT2D eigenvalue weighted by Gasteiger charge is 2.30. The molecule has 0 heterocycles. The highest BCUT2D eigenvalue weighted by molar-refractivity contribution is 6.73. The summed E-state index contributed by atoms with van der Waals surface area (Å²) >= 11 is 0. The second-order valence-corrected chi connectivity index (χ2v) is 13.9. The van der Waals surface area contributed by atoms with Gasteiger partial charge in [-0.05, 0) is 56.8 Å². The molecule has 0 N–H and O–H groups in total. The molecule has 0 saturated carbocycles. The zero-order valence-corrected chi connectivity index (χ0v) is 20.6. The molecule has 0 fully saturated rings. The molecule has 29 heavy (non-hydrogen) atoms. The van der Waals surface area contributed by atoms with Crippen molar-refractivity contribution < 1.29 is 18.7 Å². The van der Waals surface area contributed by atoms with E-state index in [1.807, 2.05) is 39.0 Å². The molecule has 0 amide bonds. The molecule has 0 radical (unpaired) electrons. The van der Waals surface area contributed by atoms with E-state index in [0.717, 1.165) is 30.1 Å². The standard InChI is InChI=1S/C24H42O4Si/c1-8-29(9-2,10-3)28-19-22(26-18-21-14-12-11-13-15-21)16-20(4)17-27-23(25)24(5,6)7/h11-15,20,22H,8-10,16-19H2,1-7H3/t20-,22-/m0/s1. The van der Waals surface area contributed by atoms with Gasteiger partial charge in [-0.3, -0.25) is 4.79 Å². The average Bonchev–Trinajstić information content (AvgIpc) is 2.71. The molecule has 1 rings (SSSR count). The van der Waals surface area contributed by atoms with Gasteiger partial charge in [-0.25, -0.2) is 0 Å². The van der Waals surface area contributed by atoms with Crippen LogP contribution in [0.4, 0.5) is 0 Å². The van der Waals surface area contributed by atoms with Gasteiger partial charge in [0.15, 0.2) is 8.32 Å². The molecule has 166 valence electrons. The summed E-state index contributed by atoms with van der Waals surface area (Å²) < 4.78 is 18.3. The molecule has 0 aromatic heterocycles. The molecule has 2 atom stereocenters. The summed E-state index contributed by atoms with van der Waals surface area (Å²) in [5, 5.41) is 0. The van der Waals surface area contributed by atoms with Gasteiger partial charge < -0.3 is 13.9 Å². The van der Waals surface area contributed by atoms with E-state index >= 15 is 0 Å². The smallest absolute Gasteiger partial charge is 0.311 e. The maximum absolute atomic E-state index is 12.1. The van der Waals surface area contributed by atoms with Crippen molar-refractivity contribution in [3.05, 3.63) is 35.9 Å². The molecule has 5 heteroatoms. The van der Waals surface area contributed by atoms with E-state index < -0.39 is 13.7 Å². The Bertz CT molecular complexity index is 570. The van der Waals surface area contributed by atoms with Crippen molar-refractivity contribution in [2.24, 2.45) is 11.3 Å². The quantitative estimate of drug-likeness (QED) is 0.280. The first kappa shape index (κ1) is 25.9. The van der Waals surface area contributed by atoms with E-state index in [4.69, 9.17) is 13.9 Å². The van der Waals surface area contributed by atoms with E-state index in [0.29, 0.717) is 19.8 Å². The summed E-state index contributed by atoms with van der Waals surface area (Å²) in [5.41, 5.74) is 0.690. The van der Waals surface area contributed by atoms with Crippen LogP contribution < -0.4 is 0 Å². The topological polar surface area (TPSA) is 44.8 Å². The van der Waals surface area contributed by atoms with Crippen molar-refractivity contribution in [1.82, 2.24) is 0 Å². The summed E-state index contributed by atoms with van der Waals surface area (Å²) in [7, 11) is -1.67. The SMILES string of the molecule is CC[Si](CC)(CC)OC[C@H](C[C@H](C)COC(=O)C(C)(C)C)OCc1ccccc1. The lowest BCUT2D eigenvalue weighted by Crippen LogP contribution is -2.39. The highest BCUT2D eigenvalue weighted by Crippen LogP contribution is 2.24. The maximum atomic E-state index is 12.1. The van der Waals surface area contributed by atoms with Gasteiger partial charge in [0.1, 0.15) is 0 Å². The maximum Gasteiger partial charge on any atom is 0.311 e. The molecule has 0 spiro atoms. The number of rotatable bonds is 13. The largest absolute Gasteiger partial charge is 0.465 e. The third-order valence-corrected chi connectivity index (χ3v) is 10.3. The number of carbonyl (C=O) groups excluding carboxylic acids is 1. The summed E-state index contributed by atoms with van der Waals surface area (Å²) in [4.78, 5) is 12.1. The summed E-state index contributed by atoms with van der Waals surface area (Å²) in [6.07, 6.45) is 0.807. The van der Waals surface area contributed by atoms with Crippen LogP contribution in [0.3, 0.4) is 0 Å². The van der Waals surface area contributed by atoms with Gasteiger partial charge in [-0.1, -0.05) is 58.0 Å². The van der Waals surface area contributed by atoms with Crippen molar-refractivity contribution in [1.29, 1.82) is 0 Å². The normalized spacial score (nSPS) is 14.4. The molecule has 0 saturated heterocycles. The fraction of sp³-hybridized carbons (Fsp3) is 0.708. The van der Waals surface area contributed by atoms with Gasteiger partial charge in [0.2, 0.25) is 0 Å².